The third-order valence-electron chi connectivity index (χ3n) is 5.57. The number of carboxylic acid groups (broad SMARTS) is 1. The van der Waals surface area contributed by atoms with Crippen molar-refractivity contribution in [2.24, 2.45) is 0 Å². The van der Waals surface area contributed by atoms with E-state index in [1.807, 2.05) is 42.5 Å². The zero-order valence-corrected chi connectivity index (χ0v) is 19.4. The number of esters is 1. The number of hydrogen-bond acceptors (Lipinski definition) is 5. The first kappa shape index (κ1) is 23.3. The monoisotopic (exact) mass is 475 g/mol. The van der Waals surface area contributed by atoms with Crippen molar-refractivity contribution in [1.82, 2.24) is 5.16 Å². The Morgan fingerprint density at radius 3 is 2.35 bits per heavy atom. The van der Waals surface area contributed by atoms with Crippen molar-refractivity contribution in [3.8, 4) is 22.5 Å². The van der Waals surface area contributed by atoms with Crippen LogP contribution in [0.1, 0.15) is 40.2 Å². The normalized spacial score (nSPS) is 11.7. The maximum atomic E-state index is 12.7. The van der Waals surface area contributed by atoms with Gasteiger partial charge in [0.25, 0.3) is 0 Å². The van der Waals surface area contributed by atoms with Gasteiger partial charge < -0.3 is 14.4 Å². The fourth-order valence-electron chi connectivity index (χ4n) is 3.80. The van der Waals surface area contributed by atoms with Crippen molar-refractivity contribution >= 4 is 23.5 Å². The third-order valence-corrected chi connectivity index (χ3v) is 5.92. The summed E-state index contributed by atoms with van der Waals surface area (Å²) in [5.41, 5.74) is 4.28. The van der Waals surface area contributed by atoms with Gasteiger partial charge in [0.15, 0.2) is 5.76 Å². The van der Waals surface area contributed by atoms with Crippen LogP contribution in [0, 0.1) is 6.92 Å². The number of benzene rings is 3. The molecule has 0 radical (unpaired) electrons. The summed E-state index contributed by atoms with van der Waals surface area (Å²) in [4.78, 5) is 24.2. The van der Waals surface area contributed by atoms with E-state index in [0.717, 1.165) is 16.7 Å². The molecule has 0 fully saturated rings. The molecule has 1 atom stereocenters. The van der Waals surface area contributed by atoms with Crippen LogP contribution in [0.15, 0.2) is 77.3 Å². The molecule has 0 amide bonds. The first-order chi connectivity index (χ1) is 16.3. The summed E-state index contributed by atoms with van der Waals surface area (Å²) in [5, 5.41) is 14.0. The molecule has 34 heavy (non-hydrogen) atoms. The Bertz CT molecular complexity index is 1340. The molecule has 0 saturated carbocycles. The highest BCUT2D eigenvalue weighted by Crippen LogP contribution is 2.31. The second-order valence-corrected chi connectivity index (χ2v) is 8.24. The summed E-state index contributed by atoms with van der Waals surface area (Å²) in [5.74, 6) is -0.942. The van der Waals surface area contributed by atoms with Gasteiger partial charge in [-0.15, -0.1) is 0 Å². The Morgan fingerprint density at radius 2 is 1.65 bits per heavy atom. The molecule has 1 heterocycles. The molecule has 0 saturated heterocycles. The van der Waals surface area contributed by atoms with Crippen molar-refractivity contribution in [3.05, 3.63) is 100 Å². The molecule has 0 aliphatic carbocycles. The van der Waals surface area contributed by atoms with E-state index >= 15 is 0 Å². The number of hydrogen-bond donors (Lipinski definition) is 1. The number of aryl methyl sites for hydroxylation is 1. The average Bonchev–Trinajstić information content (AvgIpc) is 3.19. The third kappa shape index (κ3) is 4.87. The minimum Gasteiger partial charge on any atom is -0.478 e. The molecular formula is C27H22ClNO5. The molecule has 1 N–H and O–H groups in total. The summed E-state index contributed by atoms with van der Waals surface area (Å²) in [6.07, 6.45) is -0.512. The Balaban J connectivity index is 1.55. The molecule has 3 aromatic carbocycles. The topological polar surface area (TPSA) is 89.6 Å². The lowest BCUT2D eigenvalue weighted by Crippen LogP contribution is -2.12. The van der Waals surface area contributed by atoms with Gasteiger partial charge in [-0.1, -0.05) is 77.4 Å². The molecule has 172 valence electrons. The minimum absolute atomic E-state index is 0.0109. The number of aromatic carboxylic acids is 1. The number of halogens is 1. The van der Waals surface area contributed by atoms with Crippen LogP contribution in [0.4, 0.5) is 0 Å². The second-order valence-electron chi connectivity index (χ2n) is 7.83. The molecule has 4 aromatic rings. The second kappa shape index (κ2) is 9.93. The summed E-state index contributed by atoms with van der Waals surface area (Å²) in [6.45, 7) is 3.54. The number of nitrogens with zero attached hydrogens (tertiary/aromatic N) is 1. The van der Waals surface area contributed by atoms with Gasteiger partial charge in [0.1, 0.15) is 6.10 Å². The largest absolute Gasteiger partial charge is 0.478 e. The highest BCUT2D eigenvalue weighted by molar-refractivity contribution is 6.31. The number of carboxylic acids is 1. The quantitative estimate of drug-likeness (QED) is 0.306. The van der Waals surface area contributed by atoms with Crippen LogP contribution in [0.25, 0.3) is 22.5 Å². The number of aromatic nitrogens is 1. The maximum absolute atomic E-state index is 12.7. The molecule has 1 unspecified atom stereocenters. The van der Waals surface area contributed by atoms with E-state index in [9.17, 15) is 14.7 Å². The van der Waals surface area contributed by atoms with Gasteiger partial charge in [-0.05, 0) is 37.1 Å². The maximum Gasteiger partial charge on any atom is 0.336 e. The lowest BCUT2D eigenvalue weighted by Gasteiger charge is -2.15. The Hall–Kier alpha value is -3.90. The van der Waals surface area contributed by atoms with Crippen LogP contribution < -0.4 is 0 Å². The van der Waals surface area contributed by atoms with E-state index in [0.29, 0.717) is 27.6 Å². The summed E-state index contributed by atoms with van der Waals surface area (Å²) < 4.78 is 11.1. The van der Waals surface area contributed by atoms with Crippen molar-refractivity contribution in [1.29, 1.82) is 0 Å². The van der Waals surface area contributed by atoms with Gasteiger partial charge >= 0.3 is 11.9 Å². The van der Waals surface area contributed by atoms with Crippen LogP contribution in [-0.2, 0) is 16.0 Å². The molecule has 7 heteroatoms. The standard InChI is InChI=1S/C27H22ClNO5/c1-16-23(15-25(30)33-17(2)20-7-5-6-10-24(20)28)26(34-29-16)19-13-11-18(12-14-19)21-8-3-4-9-22(21)27(31)32/h3-14,17H,15H2,1-2H3,(H,31,32). The lowest BCUT2D eigenvalue weighted by molar-refractivity contribution is -0.147. The first-order valence-electron chi connectivity index (χ1n) is 10.7. The fraction of sp³-hybridized carbons (Fsp3) is 0.148. The van der Waals surface area contributed by atoms with Gasteiger partial charge in [-0.3, -0.25) is 4.79 Å². The molecule has 6 nitrogen and oxygen atoms in total. The van der Waals surface area contributed by atoms with Crippen molar-refractivity contribution in [3.63, 3.8) is 0 Å². The van der Waals surface area contributed by atoms with E-state index in [2.05, 4.69) is 5.16 Å². The lowest BCUT2D eigenvalue weighted by atomic mass is 9.97. The SMILES string of the molecule is Cc1noc(-c2ccc(-c3ccccc3C(=O)O)cc2)c1CC(=O)OC(C)c1ccccc1Cl. The van der Waals surface area contributed by atoms with Gasteiger partial charge in [-0.25, -0.2) is 4.79 Å². The molecule has 0 aliphatic heterocycles. The van der Waals surface area contributed by atoms with Crippen LogP contribution in [0.5, 0.6) is 0 Å². The molecular weight excluding hydrogens is 454 g/mol. The Morgan fingerprint density at radius 1 is 1.00 bits per heavy atom. The molecule has 0 aliphatic rings. The first-order valence-corrected chi connectivity index (χ1v) is 11.0. The summed E-state index contributed by atoms with van der Waals surface area (Å²) in [6, 6.07) is 21.3. The van der Waals surface area contributed by atoms with Crippen molar-refractivity contribution in [2.75, 3.05) is 0 Å². The van der Waals surface area contributed by atoms with E-state index in [1.54, 1.807) is 44.2 Å². The van der Waals surface area contributed by atoms with E-state index in [4.69, 9.17) is 20.9 Å². The Labute approximate surface area is 201 Å². The predicted octanol–water partition coefficient (Wildman–Crippen LogP) is 6.52. The summed E-state index contributed by atoms with van der Waals surface area (Å²) in [7, 11) is 0. The van der Waals surface area contributed by atoms with Crippen LogP contribution in [0.3, 0.4) is 0 Å². The highest BCUT2D eigenvalue weighted by atomic mass is 35.5. The van der Waals surface area contributed by atoms with Crippen LogP contribution in [-0.4, -0.2) is 22.2 Å². The summed E-state index contributed by atoms with van der Waals surface area (Å²) >= 11 is 6.21. The number of rotatable bonds is 7. The molecule has 0 spiro atoms. The zero-order valence-electron chi connectivity index (χ0n) is 18.6. The fourth-order valence-corrected chi connectivity index (χ4v) is 4.09. The Kier molecular flexibility index (Phi) is 6.80. The predicted molar refractivity (Wildman–Crippen MR) is 129 cm³/mol. The number of carbonyl (C=O) groups is 2. The zero-order chi connectivity index (χ0) is 24.2. The minimum atomic E-state index is -0.989. The van der Waals surface area contributed by atoms with E-state index < -0.39 is 18.0 Å². The number of carbonyl (C=O) groups excluding carboxylic acids is 1. The van der Waals surface area contributed by atoms with Gasteiger partial charge in [-0.2, -0.15) is 0 Å². The average molecular weight is 476 g/mol. The van der Waals surface area contributed by atoms with E-state index in [-0.39, 0.29) is 12.0 Å². The highest BCUT2D eigenvalue weighted by Gasteiger charge is 2.21. The van der Waals surface area contributed by atoms with Gasteiger partial charge in [0.05, 0.1) is 17.7 Å². The molecule has 4 rings (SSSR count). The van der Waals surface area contributed by atoms with Crippen molar-refractivity contribution in [2.45, 2.75) is 26.4 Å². The molecule has 0 bridgehead atoms. The number of ether oxygens (including phenoxy) is 1. The van der Waals surface area contributed by atoms with Crippen LogP contribution in [0.2, 0.25) is 5.02 Å². The van der Waals surface area contributed by atoms with Crippen molar-refractivity contribution < 1.29 is 24.0 Å². The molecule has 1 aromatic heterocycles. The smallest absolute Gasteiger partial charge is 0.336 e. The van der Waals surface area contributed by atoms with Crippen LogP contribution >= 0.6 is 11.6 Å². The van der Waals surface area contributed by atoms with Gasteiger partial charge in [0.2, 0.25) is 0 Å². The van der Waals surface area contributed by atoms with E-state index in [1.165, 1.54) is 0 Å². The van der Waals surface area contributed by atoms with Gasteiger partial charge in [0, 0.05) is 21.7 Å².